The Balaban J connectivity index is -0.0000000376. The molecule has 0 radical (unpaired) electrons. The minimum absolute atomic E-state index is 0. The topological polar surface area (TPSA) is 0 Å². The zero-order chi connectivity index (χ0) is 18.0. The van der Waals surface area contributed by atoms with Crippen LogP contribution >= 0.6 is 0 Å². The minimum Gasteiger partial charge on any atom is -0.418 e. The van der Waals surface area contributed by atoms with E-state index in [0.29, 0.717) is 0 Å². The first-order valence-electron chi connectivity index (χ1n) is 3.49. The molecule has 22 heavy (non-hydrogen) atoms. The van der Waals surface area contributed by atoms with Gasteiger partial charge in [0.1, 0.15) is 0 Å². The molecule has 0 aliphatic carbocycles. The first-order valence-corrected chi connectivity index (χ1v) is 3.49. The van der Waals surface area contributed by atoms with Gasteiger partial charge in [-0.2, -0.15) is 0 Å². The van der Waals surface area contributed by atoms with Crippen LogP contribution in [0.3, 0.4) is 0 Å². The molecule has 0 aromatic carbocycles. The summed E-state index contributed by atoms with van der Waals surface area (Å²) in [7, 11) is -24.0. The van der Waals surface area contributed by atoms with Crippen LogP contribution in [0, 0.1) is 0 Å². The molecule has 0 saturated carbocycles. The van der Waals surface area contributed by atoms with Gasteiger partial charge in [-0.15, -0.1) is 0 Å². The Morgan fingerprint density at radius 2 is 0.273 bits per heavy atom. The van der Waals surface area contributed by atoms with Crippen LogP contribution in [0.4, 0.5) is 69.1 Å². The van der Waals surface area contributed by atoms with Gasteiger partial charge in [-0.05, 0) is 0 Å². The quantitative estimate of drug-likeness (QED) is 0.372. The van der Waals surface area contributed by atoms with Crippen molar-refractivity contribution in [3.8, 4) is 0 Å². The Bertz CT molecular complexity index is 136. The molecule has 0 aromatic heterocycles. The summed E-state index contributed by atoms with van der Waals surface area (Å²) in [6.07, 6.45) is 0. The molecule has 0 spiro atoms. The molecule has 0 aliphatic heterocycles. The molecule has 0 bridgehead atoms. The summed E-state index contributed by atoms with van der Waals surface area (Å²) in [5.41, 5.74) is 0. The third-order valence-corrected chi connectivity index (χ3v) is 0. The third-order valence-electron chi connectivity index (χ3n) is 0. The molecule has 0 aromatic rings. The predicted octanol–water partition coefficient (Wildman–Crippen LogP) is 4.44. The van der Waals surface area contributed by atoms with Crippen molar-refractivity contribution >= 4 is 97.6 Å². The van der Waals surface area contributed by atoms with Crippen LogP contribution < -0.4 is 0 Å². The Hall–Kier alpha value is 1.39. The molecule has 0 N–H and O–H groups in total. The van der Waals surface area contributed by atoms with Gasteiger partial charge in [0.2, 0.25) is 0 Å². The Morgan fingerprint density at radius 1 is 0.273 bits per heavy atom. The van der Waals surface area contributed by atoms with E-state index in [1.165, 1.54) is 0 Å². The standard InChI is InChI=1S/4BF4.Mg.Sr/c4*2-1(3,4)5;;/q4*-1;2*+2. The van der Waals surface area contributed by atoms with Crippen LogP contribution in [0.5, 0.6) is 0 Å². The molecule has 128 valence electrons. The van der Waals surface area contributed by atoms with Crippen molar-refractivity contribution in [2.75, 3.05) is 0 Å². The average Bonchev–Trinajstić information content (AvgIpc) is 1.62. The van der Waals surface area contributed by atoms with Crippen molar-refractivity contribution < 1.29 is 69.1 Å². The summed E-state index contributed by atoms with van der Waals surface area (Å²) >= 11 is 0. The van der Waals surface area contributed by atoms with Gasteiger partial charge in [0.05, 0.1) is 0 Å². The fraction of sp³-hybridized carbons (Fsp3) is 0. The van der Waals surface area contributed by atoms with Crippen LogP contribution in [-0.2, 0) is 0 Å². The van der Waals surface area contributed by atoms with Gasteiger partial charge in [-0.25, -0.2) is 0 Å². The number of hydrogen-bond acceptors (Lipinski definition) is 0. The smallest absolute Gasteiger partial charge is 0.418 e. The molecule has 0 rings (SSSR count). The van der Waals surface area contributed by atoms with E-state index < -0.39 is 29.0 Å². The second-order valence-electron chi connectivity index (χ2n) is 1.98. The second-order valence-corrected chi connectivity index (χ2v) is 1.98. The van der Waals surface area contributed by atoms with Gasteiger partial charge in [-0.1, -0.05) is 0 Å². The van der Waals surface area contributed by atoms with Crippen LogP contribution in [-0.4, -0.2) is 97.6 Å². The Morgan fingerprint density at radius 3 is 0.273 bits per heavy atom. The van der Waals surface area contributed by atoms with Crippen LogP contribution in [0.2, 0.25) is 0 Å². The fourth-order valence-corrected chi connectivity index (χ4v) is 0. The second kappa shape index (κ2) is 15.9. The van der Waals surface area contributed by atoms with Crippen molar-refractivity contribution in [2.45, 2.75) is 0 Å². The van der Waals surface area contributed by atoms with Crippen molar-refractivity contribution in [2.24, 2.45) is 0 Å². The molecule has 0 aliphatic rings. The van der Waals surface area contributed by atoms with Gasteiger partial charge in [-0.3, -0.25) is 0 Å². The SMILES string of the molecule is F[B-](F)(F)F.F[B-](F)(F)F.F[B-](F)(F)F.F[B-](F)(F)F.[Mg+2].[Sr+2]. The molecule has 22 heteroatoms. The normalized spacial score (nSPS) is 10.9. The van der Waals surface area contributed by atoms with Crippen LogP contribution in [0.1, 0.15) is 0 Å². The third kappa shape index (κ3) is 4620. The van der Waals surface area contributed by atoms with Gasteiger partial charge in [0.25, 0.3) is 0 Å². The minimum atomic E-state index is -6.00. The maximum Gasteiger partial charge on any atom is 2.00 e. The first-order chi connectivity index (χ1) is 8.00. The van der Waals surface area contributed by atoms with E-state index in [9.17, 15) is 69.1 Å². The number of rotatable bonds is 0. The van der Waals surface area contributed by atoms with E-state index in [1.54, 1.807) is 0 Å². The predicted molar refractivity (Wildman–Crippen MR) is 52.3 cm³/mol. The molecule has 0 saturated heterocycles. The molecule has 0 nitrogen and oxygen atoms in total. The van der Waals surface area contributed by atoms with E-state index in [2.05, 4.69) is 0 Å². The maximum absolute atomic E-state index is 9.75. The molecule has 0 unspecified atom stereocenters. The van der Waals surface area contributed by atoms with Crippen LogP contribution in [0.15, 0.2) is 0 Å². The molecular weight excluding hydrogens is 459 g/mol. The molecule has 0 fully saturated rings. The number of hydrogen-bond donors (Lipinski definition) is 0. The van der Waals surface area contributed by atoms with Crippen molar-refractivity contribution in [3.63, 3.8) is 0 Å². The van der Waals surface area contributed by atoms with E-state index in [-0.39, 0.29) is 68.5 Å². The molecular formula is B4F16MgSr. The van der Waals surface area contributed by atoms with E-state index in [0.717, 1.165) is 0 Å². The van der Waals surface area contributed by atoms with E-state index in [4.69, 9.17) is 0 Å². The van der Waals surface area contributed by atoms with Crippen molar-refractivity contribution in [1.29, 1.82) is 0 Å². The van der Waals surface area contributed by atoms with Gasteiger partial charge in [0, 0.05) is 0 Å². The van der Waals surface area contributed by atoms with Gasteiger partial charge in [0.15, 0.2) is 0 Å². The van der Waals surface area contributed by atoms with Gasteiger partial charge >= 0.3 is 97.6 Å². The van der Waals surface area contributed by atoms with E-state index >= 15 is 0 Å². The maximum atomic E-state index is 9.75. The van der Waals surface area contributed by atoms with Gasteiger partial charge < -0.3 is 69.1 Å². The number of halogens is 16. The summed E-state index contributed by atoms with van der Waals surface area (Å²) in [5.74, 6) is 0. The summed E-state index contributed by atoms with van der Waals surface area (Å²) < 4.78 is 156. The first kappa shape index (κ1) is 38.8. The molecule has 0 heterocycles. The average molecular weight is 459 g/mol. The fourth-order valence-electron chi connectivity index (χ4n) is 0. The van der Waals surface area contributed by atoms with Crippen LogP contribution in [0.25, 0.3) is 0 Å². The Labute approximate surface area is 165 Å². The van der Waals surface area contributed by atoms with Crippen molar-refractivity contribution in [1.82, 2.24) is 0 Å². The molecule has 0 atom stereocenters. The summed E-state index contributed by atoms with van der Waals surface area (Å²) in [6.45, 7) is 0. The zero-order valence-electron chi connectivity index (χ0n) is 9.77. The summed E-state index contributed by atoms with van der Waals surface area (Å²) in [5, 5.41) is 0. The zero-order valence-corrected chi connectivity index (χ0v) is 14.7. The van der Waals surface area contributed by atoms with E-state index in [1.807, 2.05) is 0 Å². The summed E-state index contributed by atoms with van der Waals surface area (Å²) in [4.78, 5) is 0. The Kier molecular flexibility index (Phi) is 28.0. The molecule has 0 amide bonds. The largest absolute Gasteiger partial charge is 2.00 e. The monoisotopic (exact) mass is 460 g/mol. The van der Waals surface area contributed by atoms with Crippen molar-refractivity contribution in [3.05, 3.63) is 0 Å². The summed E-state index contributed by atoms with van der Waals surface area (Å²) in [6, 6.07) is 0.